The molecule has 2 heteroatoms. The largest absolute Gasteiger partial charge is 0.328 e. The highest BCUT2D eigenvalue weighted by Gasteiger charge is 2.05. The van der Waals surface area contributed by atoms with Gasteiger partial charge in [-0.2, -0.15) is 0 Å². The van der Waals surface area contributed by atoms with Crippen molar-refractivity contribution < 1.29 is 0 Å². The Morgan fingerprint density at radius 1 is 1.15 bits per heavy atom. The monoisotopic (exact) mass is 263 g/mol. The number of nitrogens with one attached hydrogen (secondary N) is 1. The molecule has 0 atom stereocenters. The summed E-state index contributed by atoms with van der Waals surface area (Å²) in [6.45, 7) is 7.43. The zero-order chi connectivity index (χ0) is 14.4. The molecule has 0 fully saturated rings. The van der Waals surface area contributed by atoms with E-state index in [9.17, 15) is 4.79 Å². The molecule has 0 radical (unpaired) electrons. The third kappa shape index (κ3) is 3.23. The Morgan fingerprint density at radius 2 is 1.90 bits per heavy atom. The van der Waals surface area contributed by atoms with Crippen LogP contribution in [0, 0.1) is 0 Å². The molecule has 0 unspecified atom stereocenters. The van der Waals surface area contributed by atoms with Gasteiger partial charge in [0.15, 0.2) is 0 Å². The van der Waals surface area contributed by atoms with Gasteiger partial charge in [0.25, 0.3) is 5.56 Å². The van der Waals surface area contributed by atoms with Gasteiger partial charge in [-0.3, -0.25) is 4.79 Å². The number of pyridine rings is 1. The Labute approximate surface area is 118 Å². The standard InChI is InChI=1S/C18H17NO/c1-3-8-14(4-2)11-16-12-17(13-19-18(16)20)15-9-6-5-7-10-15/h3-10,12-13H,1-2,11H2,(H,19,20)/b14-8+. The quantitative estimate of drug-likeness (QED) is 0.816. The van der Waals surface area contributed by atoms with Crippen LogP contribution < -0.4 is 5.56 Å². The lowest BCUT2D eigenvalue weighted by Gasteiger charge is -2.05. The molecule has 0 bridgehead atoms. The van der Waals surface area contributed by atoms with Crippen molar-refractivity contribution in [1.29, 1.82) is 0 Å². The summed E-state index contributed by atoms with van der Waals surface area (Å²) in [5.74, 6) is 0. The molecule has 1 heterocycles. The van der Waals surface area contributed by atoms with Crippen LogP contribution in [0.3, 0.4) is 0 Å². The summed E-state index contributed by atoms with van der Waals surface area (Å²) in [6, 6.07) is 11.9. The van der Waals surface area contributed by atoms with Gasteiger partial charge in [-0.15, -0.1) is 0 Å². The molecule has 100 valence electrons. The third-order valence-electron chi connectivity index (χ3n) is 3.08. The maximum absolute atomic E-state index is 11.9. The van der Waals surface area contributed by atoms with Crippen molar-refractivity contribution in [2.24, 2.45) is 0 Å². The average Bonchev–Trinajstić information content (AvgIpc) is 2.49. The molecule has 0 amide bonds. The van der Waals surface area contributed by atoms with Gasteiger partial charge >= 0.3 is 0 Å². The molecule has 2 rings (SSSR count). The molecule has 0 saturated carbocycles. The zero-order valence-electron chi connectivity index (χ0n) is 11.3. The number of allylic oxidation sites excluding steroid dienone is 4. The van der Waals surface area contributed by atoms with E-state index in [2.05, 4.69) is 18.1 Å². The Balaban J connectivity index is 2.40. The summed E-state index contributed by atoms with van der Waals surface area (Å²) in [5, 5.41) is 0. The highest BCUT2D eigenvalue weighted by molar-refractivity contribution is 5.62. The van der Waals surface area contributed by atoms with E-state index in [0.717, 1.165) is 22.3 Å². The average molecular weight is 263 g/mol. The molecule has 0 aliphatic heterocycles. The topological polar surface area (TPSA) is 32.9 Å². The highest BCUT2D eigenvalue weighted by atomic mass is 16.1. The summed E-state index contributed by atoms with van der Waals surface area (Å²) in [6.07, 6.45) is 7.60. The fraction of sp³-hybridized carbons (Fsp3) is 0.0556. The highest BCUT2D eigenvalue weighted by Crippen LogP contribution is 2.18. The first-order chi connectivity index (χ1) is 9.74. The maximum Gasteiger partial charge on any atom is 0.251 e. The molecule has 1 N–H and O–H groups in total. The van der Waals surface area contributed by atoms with E-state index in [4.69, 9.17) is 0 Å². The van der Waals surface area contributed by atoms with Crippen LogP contribution in [0.4, 0.5) is 0 Å². The second-order valence-electron chi connectivity index (χ2n) is 4.47. The number of benzene rings is 1. The Kier molecular flexibility index (Phi) is 4.51. The second kappa shape index (κ2) is 6.53. The van der Waals surface area contributed by atoms with Crippen LogP contribution in [0.2, 0.25) is 0 Å². The van der Waals surface area contributed by atoms with E-state index in [-0.39, 0.29) is 5.56 Å². The van der Waals surface area contributed by atoms with Crippen molar-refractivity contribution in [2.45, 2.75) is 6.42 Å². The lowest BCUT2D eigenvalue weighted by molar-refractivity contribution is 1.10. The maximum atomic E-state index is 11.9. The third-order valence-corrected chi connectivity index (χ3v) is 3.08. The number of hydrogen-bond acceptors (Lipinski definition) is 1. The van der Waals surface area contributed by atoms with Crippen LogP contribution in [0.25, 0.3) is 11.1 Å². The number of H-pyrrole nitrogens is 1. The van der Waals surface area contributed by atoms with Gasteiger partial charge in [0.1, 0.15) is 0 Å². The summed E-state index contributed by atoms with van der Waals surface area (Å²) in [5.41, 5.74) is 3.71. The van der Waals surface area contributed by atoms with Gasteiger partial charge in [-0.25, -0.2) is 0 Å². The van der Waals surface area contributed by atoms with Crippen molar-refractivity contribution in [3.05, 3.63) is 95.5 Å². The first-order valence-electron chi connectivity index (χ1n) is 6.45. The molecule has 0 aliphatic carbocycles. The minimum Gasteiger partial charge on any atom is -0.328 e. The van der Waals surface area contributed by atoms with Gasteiger partial charge in [0, 0.05) is 18.2 Å². The number of aromatic amines is 1. The van der Waals surface area contributed by atoms with Gasteiger partial charge in [0.2, 0.25) is 0 Å². The predicted molar refractivity (Wildman–Crippen MR) is 84.7 cm³/mol. The molecule has 1 aromatic carbocycles. The molecule has 2 nitrogen and oxygen atoms in total. The Hall–Kier alpha value is -2.61. The van der Waals surface area contributed by atoms with Crippen LogP contribution >= 0.6 is 0 Å². The normalized spacial score (nSPS) is 11.1. The second-order valence-corrected chi connectivity index (χ2v) is 4.47. The van der Waals surface area contributed by atoms with Crippen LogP contribution in [-0.4, -0.2) is 4.98 Å². The van der Waals surface area contributed by atoms with Crippen molar-refractivity contribution in [3.63, 3.8) is 0 Å². The van der Waals surface area contributed by atoms with Gasteiger partial charge in [-0.05, 0) is 22.8 Å². The number of rotatable bonds is 5. The fourth-order valence-electron chi connectivity index (χ4n) is 2.03. The van der Waals surface area contributed by atoms with Crippen LogP contribution in [0.1, 0.15) is 5.56 Å². The first-order valence-corrected chi connectivity index (χ1v) is 6.45. The molecule has 0 spiro atoms. The van der Waals surface area contributed by atoms with Crippen molar-refractivity contribution in [2.75, 3.05) is 0 Å². The smallest absolute Gasteiger partial charge is 0.251 e. The number of hydrogen-bond donors (Lipinski definition) is 1. The molecule has 0 aliphatic rings. The number of aromatic nitrogens is 1. The predicted octanol–water partition coefficient (Wildman–Crippen LogP) is 3.88. The molecule has 20 heavy (non-hydrogen) atoms. The van der Waals surface area contributed by atoms with E-state index in [1.54, 1.807) is 18.3 Å². The Bertz CT molecular complexity index is 693. The van der Waals surface area contributed by atoms with Crippen LogP contribution in [0.15, 0.2) is 84.3 Å². The van der Waals surface area contributed by atoms with E-state index in [1.165, 1.54) is 0 Å². The van der Waals surface area contributed by atoms with Gasteiger partial charge in [0.05, 0.1) is 0 Å². The molecule has 2 aromatic rings. The van der Waals surface area contributed by atoms with E-state index in [1.807, 2.05) is 42.5 Å². The van der Waals surface area contributed by atoms with Crippen molar-refractivity contribution in [3.8, 4) is 11.1 Å². The van der Waals surface area contributed by atoms with Crippen LogP contribution in [0.5, 0.6) is 0 Å². The summed E-state index contributed by atoms with van der Waals surface area (Å²) in [4.78, 5) is 14.7. The van der Waals surface area contributed by atoms with Crippen molar-refractivity contribution >= 4 is 0 Å². The van der Waals surface area contributed by atoms with Gasteiger partial charge in [-0.1, -0.05) is 61.7 Å². The minimum absolute atomic E-state index is 0.0681. The molecular formula is C18H17NO. The SMILES string of the molecule is C=C/C=C(\C=C)Cc1cc(-c2ccccc2)c[nH]c1=O. The lowest BCUT2D eigenvalue weighted by atomic mass is 10.0. The molecule has 1 aromatic heterocycles. The van der Waals surface area contributed by atoms with E-state index in [0.29, 0.717) is 6.42 Å². The van der Waals surface area contributed by atoms with Crippen molar-refractivity contribution in [1.82, 2.24) is 4.98 Å². The summed E-state index contributed by atoms with van der Waals surface area (Å²) >= 11 is 0. The zero-order valence-corrected chi connectivity index (χ0v) is 11.3. The minimum atomic E-state index is -0.0681. The molecular weight excluding hydrogens is 246 g/mol. The van der Waals surface area contributed by atoms with E-state index >= 15 is 0 Å². The Morgan fingerprint density at radius 3 is 2.55 bits per heavy atom. The summed E-state index contributed by atoms with van der Waals surface area (Å²) < 4.78 is 0. The molecule has 0 saturated heterocycles. The lowest BCUT2D eigenvalue weighted by Crippen LogP contribution is -2.12. The first kappa shape index (κ1) is 13.8. The fourth-order valence-corrected chi connectivity index (χ4v) is 2.03. The van der Waals surface area contributed by atoms with Crippen LogP contribution in [-0.2, 0) is 6.42 Å². The van der Waals surface area contributed by atoms with Gasteiger partial charge < -0.3 is 4.98 Å². The summed E-state index contributed by atoms with van der Waals surface area (Å²) in [7, 11) is 0. The van der Waals surface area contributed by atoms with E-state index < -0.39 is 0 Å².